The van der Waals surface area contributed by atoms with Gasteiger partial charge in [0.25, 0.3) is 0 Å². The SMILES string of the molecule is CCCCOCCOCCC(=O)Nc1cccc(C#N)c1. The van der Waals surface area contributed by atoms with E-state index in [2.05, 4.69) is 12.2 Å². The van der Waals surface area contributed by atoms with Crippen LogP contribution in [-0.4, -0.2) is 32.3 Å². The molecule has 0 aromatic heterocycles. The molecular weight excluding hydrogens is 268 g/mol. The fourth-order valence-corrected chi connectivity index (χ4v) is 1.62. The molecular formula is C16H22N2O3. The number of carbonyl (C=O) groups excluding carboxylic acids is 1. The maximum atomic E-state index is 11.7. The Morgan fingerprint density at radius 3 is 2.71 bits per heavy atom. The number of amides is 1. The molecule has 5 heteroatoms. The molecule has 1 rings (SSSR count). The van der Waals surface area contributed by atoms with Crippen LogP contribution in [0.1, 0.15) is 31.7 Å². The van der Waals surface area contributed by atoms with E-state index >= 15 is 0 Å². The molecule has 0 atom stereocenters. The highest BCUT2D eigenvalue weighted by Crippen LogP contribution is 2.09. The van der Waals surface area contributed by atoms with Crippen molar-refractivity contribution in [2.24, 2.45) is 0 Å². The number of ether oxygens (including phenoxy) is 2. The summed E-state index contributed by atoms with van der Waals surface area (Å²) in [4.78, 5) is 11.7. The lowest BCUT2D eigenvalue weighted by molar-refractivity contribution is -0.117. The Labute approximate surface area is 125 Å². The number of benzene rings is 1. The number of rotatable bonds is 10. The third kappa shape index (κ3) is 8.08. The average Bonchev–Trinajstić information content (AvgIpc) is 2.50. The van der Waals surface area contributed by atoms with Crippen LogP contribution in [0.4, 0.5) is 5.69 Å². The lowest BCUT2D eigenvalue weighted by Gasteiger charge is -2.07. The third-order valence-corrected chi connectivity index (χ3v) is 2.76. The molecule has 1 amide bonds. The number of hydrogen-bond acceptors (Lipinski definition) is 4. The fourth-order valence-electron chi connectivity index (χ4n) is 1.62. The van der Waals surface area contributed by atoms with E-state index in [0.29, 0.717) is 31.1 Å². The summed E-state index contributed by atoms with van der Waals surface area (Å²) >= 11 is 0. The van der Waals surface area contributed by atoms with Gasteiger partial charge in [-0.1, -0.05) is 19.4 Å². The summed E-state index contributed by atoms with van der Waals surface area (Å²) in [5.74, 6) is -0.128. The smallest absolute Gasteiger partial charge is 0.226 e. The average molecular weight is 290 g/mol. The molecule has 0 bridgehead atoms. The van der Waals surface area contributed by atoms with Crippen LogP contribution >= 0.6 is 0 Å². The van der Waals surface area contributed by atoms with Crippen molar-refractivity contribution in [1.82, 2.24) is 0 Å². The Hall–Kier alpha value is -1.90. The first-order valence-electron chi connectivity index (χ1n) is 7.21. The molecule has 0 heterocycles. The van der Waals surface area contributed by atoms with Gasteiger partial charge < -0.3 is 14.8 Å². The number of hydrogen-bond donors (Lipinski definition) is 1. The van der Waals surface area contributed by atoms with Crippen LogP contribution in [0, 0.1) is 11.3 Å². The number of unbranched alkanes of at least 4 members (excludes halogenated alkanes) is 1. The van der Waals surface area contributed by atoms with Crippen molar-refractivity contribution in [3.63, 3.8) is 0 Å². The van der Waals surface area contributed by atoms with Crippen LogP contribution in [-0.2, 0) is 14.3 Å². The normalized spacial score (nSPS) is 10.1. The summed E-state index contributed by atoms with van der Waals surface area (Å²) in [6, 6.07) is 8.85. The molecule has 21 heavy (non-hydrogen) atoms. The van der Waals surface area contributed by atoms with E-state index in [-0.39, 0.29) is 12.3 Å². The summed E-state index contributed by atoms with van der Waals surface area (Å²) in [6.07, 6.45) is 2.46. The Balaban J connectivity index is 2.10. The van der Waals surface area contributed by atoms with E-state index in [1.807, 2.05) is 6.07 Å². The zero-order chi connectivity index (χ0) is 15.3. The highest BCUT2D eigenvalue weighted by atomic mass is 16.5. The van der Waals surface area contributed by atoms with Gasteiger partial charge in [0.05, 0.1) is 37.9 Å². The second kappa shape index (κ2) is 10.8. The van der Waals surface area contributed by atoms with Crippen LogP contribution in [0.5, 0.6) is 0 Å². The van der Waals surface area contributed by atoms with Gasteiger partial charge in [-0.3, -0.25) is 4.79 Å². The molecule has 0 aliphatic heterocycles. The third-order valence-electron chi connectivity index (χ3n) is 2.76. The lowest BCUT2D eigenvalue weighted by atomic mass is 10.2. The molecule has 1 aromatic rings. The van der Waals surface area contributed by atoms with Crippen molar-refractivity contribution in [3.05, 3.63) is 29.8 Å². The molecule has 0 saturated carbocycles. The highest BCUT2D eigenvalue weighted by molar-refractivity contribution is 5.90. The molecule has 0 aliphatic carbocycles. The second-order valence-electron chi connectivity index (χ2n) is 4.57. The predicted molar refractivity (Wildman–Crippen MR) is 80.9 cm³/mol. The number of nitriles is 1. The quantitative estimate of drug-likeness (QED) is 0.673. The summed E-state index contributed by atoms with van der Waals surface area (Å²) in [5, 5.41) is 11.5. The van der Waals surface area contributed by atoms with Crippen molar-refractivity contribution in [1.29, 1.82) is 5.26 Å². The standard InChI is InChI=1S/C16H22N2O3/c1-2-3-8-20-10-11-21-9-7-16(19)18-15-6-4-5-14(12-15)13-17/h4-6,12H,2-3,7-11H2,1H3,(H,18,19). The molecule has 114 valence electrons. The first-order chi connectivity index (χ1) is 10.3. The zero-order valence-corrected chi connectivity index (χ0v) is 12.4. The van der Waals surface area contributed by atoms with Crippen molar-refractivity contribution < 1.29 is 14.3 Å². The van der Waals surface area contributed by atoms with Gasteiger partial charge in [-0.05, 0) is 24.6 Å². The van der Waals surface area contributed by atoms with E-state index in [0.717, 1.165) is 19.4 Å². The van der Waals surface area contributed by atoms with Gasteiger partial charge in [0, 0.05) is 12.3 Å². The Kier molecular flexibility index (Phi) is 8.85. The van der Waals surface area contributed by atoms with Gasteiger partial charge in [0.2, 0.25) is 5.91 Å². The van der Waals surface area contributed by atoms with Crippen LogP contribution in [0.2, 0.25) is 0 Å². The Bertz CT molecular complexity index is 469. The topological polar surface area (TPSA) is 71.3 Å². The summed E-state index contributed by atoms with van der Waals surface area (Å²) in [7, 11) is 0. The number of carbonyl (C=O) groups is 1. The maximum Gasteiger partial charge on any atom is 0.226 e. The molecule has 0 fully saturated rings. The van der Waals surface area contributed by atoms with Gasteiger partial charge in [0.1, 0.15) is 0 Å². The first-order valence-corrected chi connectivity index (χ1v) is 7.21. The number of nitrogens with one attached hydrogen (secondary N) is 1. The van der Waals surface area contributed by atoms with E-state index in [1.165, 1.54) is 0 Å². The van der Waals surface area contributed by atoms with Gasteiger partial charge in [-0.25, -0.2) is 0 Å². The Morgan fingerprint density at radius 1 is 1.24 bits per heavy atom. The second-order valence-corrected chi connectivity index (χ2v) is 4.57. The van der Waals surface area contributed by atoms with Crippen LogP contribution in [0.3, 0.4) is 0 Å². The molecule has 5 nitrogen and oxygen atoms in total. The molecule has 0 unspecified atom stereocenters. The van der Waals surface area contributed by atoms with Gasteiger partial charge >= 0.3 is 0 Å². The van der Waals surface area contributed by atoms with Gasteiger partial charge in [0.15, 0.2) is 0 Å². The lowest BCUT2D eigenvalue weighted by Crippen LogP contribution is -2.15. The maximum absolute atomic E-state index is 11.7. The monoisotopic (exact) mass is 290 g/mol. The molecule has 1 aromatic carbocycles. The predicted octanol–water partition coefficient (Wildman–Crippen LogP) is 2.72. The number of anilines is 1. The van der Waals surface area contributed by atoms with Crippen LogP contribution in [0.15, 0.2) is 24.3 Å². The summed E-state index contributed by atoms with van der Waals surface area (Å²) < 4.78 is 10.7. The molecule has 1 N–H and O–H groups in total. The van der Waals surface area contributed by atoms with Crippen LogP contribution < -0.4 is 5.32 Å². The highest BCUT2D eigenvalue weighted by Gasteiger charge is 2.03. The minimum atomic E-state index is -0.128. The minimum absolute atomic E-state index is 0.128. The largest absolute Gasteiger partial charge is 0.379 e. The Morgan fingerprint density at radius 2 is 2.00 bits per heavy atom. The summed E-state index contributed by atoms with van der Waals surface area (Å²) in [6.45, 7) is 4.30. The van der Waals surface area contributed by atoms with E-state index in [1.54, 1.807) is 24.3 Å². The minimum Gasteiger partial charge on any atom is -0.379 e. The van der Waals surface area contributed by atoms with Gasteiger partial charge in [-0.15, -0.1) is 0 Å². The molecule has 0 saturated heterocycles. The molecule has 0 radical (unpaired) electrons. The van der Waals surface area contributed by atoms with Crippen molar-refractivity contribution in [2.75, 3.05) is 31.7 Å². The van der Waals surface area contributed by atoms with Gasteiger partial charge in [-0.2, -0.15) is 5.26 Å². The van der Waals surface area contributed by atoms with Crippen molar-refractivity contribution in [2.45, 2.75) is 26.2 Å². The van der Waals surface area contributed by atoms with Crippen molar-refractivity contribution in [3.8, 4) is 6.07 Å². The van der Waals surface area contributed by atoms with Crippen molar-refractivity contribution >= 4 is 11.6 Å². The zero-order valence-electron chi connectivity index (χ0n) is 12.4. The number of nitrogens with zero attached hydrogens (tertiary/aromatic N) is 1. The fraction of sp³-hybridized carbons (Fsp3) is 0.500. The first kappa shape index (κ1) is 17.2. The van der Waals surface area contributed by atoms with Crippen LogP contribution in [0.25, 0.3) is 0 Å². The molecule has 0 spiro atoms. The van der Waals surface area contributed by atoms with E-state index < -0.39 is 0 Å². The van der Waals surface area contributed by atoms with E-state index in [4.69, 9.17) is 14.7 Å². The summed E-state index contributed by atoms with van der Waals surface area (Å²) in [5.41, 5.74) is 1.15. The molecule has 0 aliphatic rings. The van der Waals surface area contributed by atoms with E-state index in [9.17, 15) is 4.79 Å².